The van der Waals surface area contributed by atoms with E-state index in [0.29, 0.717) is 26.0 Å². The quantitative estimate of drug-likeness (QED) is 0.0865. The zero-order chi connectivity index (χ0) is 26.3. The number of likely N-dealkylation sites (N-methyl/N-ethyl adjacent to an activating group) is 1. The van der Waals surface area contributed by atoms with Crippen molar-refractivity contribution >= 4 is 15.1 Å². The summed E-state index contributed by atoms with van der Waals surface area (Å²) in [7, 11) is 1.85. The van der Waals surface area contributed by atoms with Crippen LogP contribution in [0.2, 0.25) is 0 Å². The second kappa shape index (κ2) is 22.9. The Morgan fingerprint density at radius 2 is 1.44 bits per heavy atom. The third kappa shape index (κ3) is 18.9. The second-order valence-corrected chi connectivity index (χ2v) is 10.6. The van der Waals surface area contributed by atoms with E-state index in [0.717, 1.165) is 24.3 Å². The summed E-state index contributed by atoms with van der Waals surface area (Å²) in [5, 5.41) is 0. The molecule has 2 atom stereocenters. The Hall–Kier alpha value is -1.24. The minimum Gasteiger partial charge on any atom is -0.494 e. The van der Waals surface area contributed by atoms with Crippen LogP contribution >= 0.6 is 8.60 Å². The predicted octanol–water partition coefficient (Wildman–Crippen LogP) is 6.66. The fourth-order valence-electron chi connectivity index (χ4n) is 3.83. The third-order valence-electron chi connectivity index (χ3n) is 6.01. The first-order valence-corrected chi connectivity index (χ1v) is 14.9. The van der Waals surface area contributed by atoms with Crippen LogP contribution in [0.4, 0.5) is 0 Å². The van der Waals surface area contributed by atoms with Gasteiger partial charge in [-0.15, -0.1) is 0 Å². The van der Waals surface area contributed by atoms with E-state index in [1.165, 1.54) is 70.6 Å². The summed E-state index contributed by atoms with van der Waals surface area (Å²) in [4.78, 5) is 22.7. The number of nitrogens with zero attached hydrogens (tertiary/aromatic N) is 1. The lowest BCUT2D eigenvalue weighted by atomic mass is 10.1. The van der Waals surface area contributed by atoms with Gasteiger partial charge >= 0.3 is 8.60 Å². The molecule has 0 aliphatic carbocycles. The first kappa shape index (κ1) is 32.8. The number of unbranched alkanes of at least 4 members (excludes halogenated alkanes) is 11. The van der Waals surface area contributed by atoms with Gasteiger partial charge in [0.05, 0.1) is 19.8 Å². The minimum atomic E-state index is -2.00. The van der Waals surface area contributed by atoms with Crippen molar-refractivity contribution in [3.63, 3.8) is 0 Å². The molecule has 7 nitrogen and oxygen atoms in total. The van der Waals surface area contributed by atoms with Gasteiger partial charge in [-0.1, -0.05) is 89.7 Å². The summed E-state index contributed by atoms with van der Waals surface area (Å²) in [6, 6.07) is 7.82. The molecule has 0 aliphatic heterocycles. The van der Waals surface area contributed by atoms with Gasteiger partial charge in [-0.3, -0.25) is 4.79 Å². The van der Waals surface area contributed by atoms with Crippen molar-refractivity contribution < 1.29 is 28.2 Å². The highest BCUT2D eigenvalue weighted by atomic mass is 31.2. The fourth-order valence-corrected chi connectivity index (χ4v) is 4.43. The van der Waals surface area contributed by atoms with Gasteiger partial charge in [0.1, 0.15) is 11.9 Å². The number of hydrogen-bond donors (Lipinski definition) is 1. The summed E-state index contributed by atoms with van der Waals surface area (Å²) in [6.07, 6.45) is 16.0. The highest BCUT2D eigenvalue weighted by molar-refractivity contribution is 7.40. The highest BCUT2D eigenvalue weighted by Gasteiger charge is 2.15. The maximum Gasteiger partial charge on any atom is 0.330 e. The van der Waals surface area contributed by atoms with Crippen LogP contribution in [-0.2, 0) is 25.0 Å². The lowest BCUT2D eigenvalue weighted by Crippen LogP contribution is -2.22. The number of hydrogen-bond acceptors (Lipinski definition) is 7. The molecule has 2 unspecified atom stereocenters. The van der Waals surface area contributed by atoms with Gasteiger partial charge in [-0.05, 0) is 38.2 Å². The molecule has 1 aromatic rings. The molecule has 36 heavy (non-hydrogen) atoms. The number of ether oxygens (including phenoxy) is 2. The molecule has 0 fully saturated rings. The Labute approximate surface area is 220 Å². The lowest BCUT2D eigenvalue weighted by molar-refractivity contribution is -0.135. The van der Waals surface area contributed by atoms with Crippen molar-refractivity contribution in [2.24, 2.45) is 0 Å². The number of benzene rings is 1. The zero-order valence-electron chi connectivity index (χ0n) is 22.9. The molecule has 0 saturated heterocycles. The van der Waals surface area contributed by atoms with Crippen LogP contribution in [-0.4, -0.2) is 62.8 Å². The van der Waals surface area contributed by atoms with Gasteiger partial charge in [0.25, 0.3) is 6.47 Å². The van der Waals surface area contributed by atoms with E-state index >= 15 is 0 Å². The first-order chi connectivity index (χ1) is 17.5. The molecular weight excluding hydrogens is 477 g/mol. The summed E-state index contributed by atoms with van der Waals surface area (Å²) < 4.78 is 21.6. The Balaban J connectivity index is 2.14. The fraction of sp³-hybridized carbons (Fsp3) is 0.750. The smallest absolute Gasteiger partial charge is 0.330 e. The molecule has 0 radical (unpaired) electrons. The molecule has 0 aromatic heterocycles. The average Bonchev–Trinajstić information content (AvgIpc) is 2.86. The monoisotopic (exact) mass is 527 g/mol. The molecule has 8 heteroatoms. The Bertz CT molecular complexity index is 631. The predicted molar refractivity (Wildman–Crippen MR) is 147 cm³/mol. The summed E-state index contributed by atoms with van der Waals surface area (Å²) in [5.74, 6) is 0.846. The standard InChI is InChI=1S/C28H50NO6P/c1-4-5-6-7-8-9-10-11-12-13-14-15-21-32-27-18-16-26(17-19-27)23-28(33-25-30)24-35-36(31)34-22-20-29(2)3/h16-19,25,28,31H,4-15,20-24H2,1-3H3. The van der Waals surface area contributed by atoms with Crippen LogP contribution in [0.5, 0.6) is 5.75 Å². The molecule has 1 N–H and O–H groups in total. The number of carbonyl (C=O) groups is 1. The van der Waals surface area contributed by atoms with E-state index < -0.39 is 14.7 Å². The lowest BCUT2D eigenvalue weighted by Gasteiger charge is -2.18. The number of rotatable bonds is 25. The zero-order valence-corrected chi connectivity index (χ0v) is 23.8. The molecule has 0 aliphatic rings. The van der Waals surface area contributed by atoms with Crippen molar-refractivity contribution in [1.82, 2.24) is 4.90 Å². The normalized spacial score (nSPS) is 13.0. The van der Waals surface area contributed by atoms with Gasteiger partial charge in [0, 0.05) is 13.0 Å². The van der Waals surface area contributed by atoms with Crippen molar-refractivity contribution in [3.8, 4) is 5.75 Å². The molecule has 208 valence electrons. The summed E-state index contributed by atoms with van der Waals surface area (Å²) in [5.41, 5.74) is 0.999. The molecule has 1 aromatic carbocycles. The van der Waals surface area contributed by atoms with E-state index in [-0.39, 0.29) is 6.61 Å². The van der Waals surface area contributed by atoms with Gasteiger partial charge < -0.3 is 28.3 Å². The maximum absolute atomic E-state index is 10.9. The molecule has 0 amide bonds. The van der Waals surface area contributed by atoms with Crippen LogP contribution in [0.3, 0.4) is 0 Å². The second-order valence-electron chi connectivity index (χ2n) is 9.61. The largest absolute Gasteiger partial charge is 0.494 e. The molecule has 0 spiro atoms. The van der Waals surface area contributed by atoms with E-state index in [1.54, 1.807) is 0 Å². The van der Waals surface area contributed by atoms with E-state index in [4.69, 9.17) is 18.5 Å². The molecule has 0 saturated carbocycles. The van der Waals surface area contributed by atoms with Gasteiger partial charge in [0.15, 0.2) is 0 Å². The van der Waals surface area contributed by atoms with Crippen LogP contribution in [0.15, 0.2) is 24.3 Å². The third-order valence-corrected chi connectivity index (χ3v) is 6.79. The molecule has 0 bridgehead atoms. The van der Waals surface area contributed by atoms with Crippen LogP contribution in [0.25, 0.3) is 0 Å². The topological polar surface area (TPSA) is 77.5 Å². The van der Waals surface area contributed by atoms with Gasteiger partial charge in [-0.25, -0.2) is 0 Å². The van der Waals surface area contributed by atoms with Crippen LogP contribution in [0.1, 0.15) is 89.5 Å². The van der Waals surface area contributed by atoms with E-state index in [9.17, 15) is 9.69 Å². The number of carbonyl (C=O) groups excluding carboxylic acids is 1. The van der Waals surface area contributed by atoms with Gasteiger partial charge in [-0.2, -0.15) is 0 Å². The van der Waals surface area contributed by atoms with Crippen molar-refractivity contribution in [3.05, 3.63) is 29.8 Å². The SMILES string of the molecule is CCCCCCCCCCCCCCOc1ccc(CC(COP(O)OCCN(C)C)OC=O)cc1. The molecule has 0 heterocycles. The molecular formula is C28H50NO6P. The first-order valence-electron chi connectivity index (χ1n) is 13.8. The Morgan fingerprint density at radius 1 is 0.861 bits per heavy atom. The summed E-state index contributed by atoms with van der Waals surface area (Å²) >= 11 is 0. The van der Waals surface area contributed by atoms with E-state index in [2.05, 4.69) is 6.92 Å². The van der Waals surface area contributed by atoms with E-state index in [1.807, 2.05) is 43.3 Å². The van der Waals surface area contributed by atoms with Crippen molar-refractivity contribution in [2.75, 3.05) is 40.5 Å². The van der Waals surface area contributed by atoms with Crippen molar-refractivity contribution in [2.45, 2.75) is 96.5 Å². The molecule has 1 rings (SSSR count). The average molecular weight is 528 g/mol. The Morgan fingerprint density at radius 3 is 2.00 bits per heavy atom. The minimum absolute atomic E-state index is 0.0696. The Kier molecular flexibility index (Phi) is 20.9. The van der Waals surface area contributed by atoms with Crippen LogP contribution in [0, 0.1) is 0 Å². The van der Waals surface area contributed by atoms with Gasteiger partial charge in [0.2, 0.25) is 0 Å². The summed E-state index contributed by atoms with van der Waals surface area (Å²) in [6.45, 7) is 4.53. The maximum atomic E-state index is 10.9. The van der Waals surface area contributed by atoms with Crippen molar-refractivity contribution in [1.29, 1.82) is 0 Å². The highest BCUT2D eigenvalue weighted by Crippen LogP contribution is 2.33. The van der Waals surface area contributed by atoms with Crippen LogP contribution < -0.4 is 4.74 Å².